The van der Waals surface area contributed by atoms with E-state index in [0.717, 1.165) is 0 Å². The van der Waals surface area contributed by atoms with E-state index < -0.39 is 0 Å². The van der Waals surface area contributed by atoms with Gasteiger partial charge in [0.15, 0.2) is 0 Å². The molecule has 0 saturated heterocycles. The molecule has 9 heavy (non-hydrogen) atoms. The predicted octanol–water partition coefficient (Wildman–Crippen LogP) is -1.08. The molecule has 5 heteroatoms. The largest absolute Gasteiger partial charge is 0.394 e. The summed E-state index contributed by atoms with van der Waals surface area (Å²) >= 11 is 0. The van der Waals surface area contributed by atoms with Crippen LogP contribution >= 0.6 is 0 Å². The zero-order chi connectivity index (χ0) is 6.24. The van der Waals surface area contributed by atoms with Gasteiger partial charge in [0.1, 0.15) is 13.2 Å². The minimum Gasteiger partial charge on any atom is -0.394 e. The fraction of sp³-hybridized carbons (Fsp3) is 1.00. The Balaban J connectivity index is 0. The summed E-state index contributed by atoms with van der Waals surface area (Å²) in [5.41, 5.74) is 0. The average Bonchev–Trinajstić information content (AvgIpc) is 1.81. The van der Waals surface area contributed by atoms with Gasteiger partial charge in [-0.05, 0) is 0 Å². The molecule has 0 unspecified atom stereocenters. The molecular formula is C4H10O4Zn. The minimum absolute atomic E-state index is 0. The molecule has 0 rings (SSSR count). The standard InChI is InChI=1S/C4H10O4.Zn/c5-1-3-7-8-4-2-6;/h5-6H,1-4H2;. The van der Waals surface area contributed by atoms with Crippen molar-refractivity contribution < 1.29 is 39.5 Å². The van der Waals surface area contributed by atoms with E-state index in [9.17, 15) is 0 Å². The summed E-state index contributed by atoms with van der Waals surface area (Å²) in [5, 5.41) is 16.2. The van der Waals surface area contributed by atoms with Crippen molar-refractivity contribution in [2.45, 2.75) is 0 Å². The molecule has 0 radical (unpaired) electrons. The molecule has 0 bridgehead atoms. The molecule has 0 heterocycles. The van der Waals surface area contributed by atoms with E-state index in [4.69, 9.17) is 10.2 Å². The van der Waals surface area contributed by atoms with Crippen molar-refractivity contribution >= 4 is 0 Å². The Kier molecular flexibility index (Phi) is 15.3. The van der Waals surface area contributed by atoms with Gasteiger partial charge >= 0.3 is 0 Å². The second kappa shape index (κ2) is 11.3. The topological polar surface area (TPSA) is 58.9 Å². The smallest absolute Gasteiger partial charge is 0.105 e. The Labute approximate surface area is 66.5 Å². The number of aliphatic hydroxyl groups is 2. The second-order valence-corrected chi connectivity index (χ2v) is 1.09. The van der Waals surface area contributed by atoms with Gasteiger partial charge in [0.25, 0.3) is 0 Å². The summed E-state index contributed by atoms with van der Waals surface area (Å²) in [6.45, 7) is 0.177. The fourth-order valence-corrected chi connectivity index (χ4v) is 0.192. The molecule has 0 fully saturated rings. The average molecular weight is 188 g/mol. The van der Waals surface area contributed by atoms with Gasteiger partial charge in [-0.15, -0.1) is 0 Å². The first-order valence-electron chi connectivity index (χ1n) is 2.38. The molecule has 4 nitrogen and oxygen atoms in total. The molecular weight excluding hydrogens is 177 g/mol. The van der Waals surface area contributed by atoms with Crippen LogP contribution in [0.5, 0.6) is 0 Å². The molecule has 52 valence electrons. The van der Waals surface area contributed by atoms with Gasteiger partial charge in [-0.2, -0.15) is 0 Å². The number of aliphatic hydroxyl groups excluding tert-OH is 2. The summed E-state index contributed by atoms with van der Waals surface area (Å²) in [4.78, 5) is 8.63. The van der Waals surface area contributed by atoms with Crippen molar-refractivity contribution in [3.8, 4) is 0 Å². The Morgan fingerprint density at radius 3 is 1.44 bits per heavy atom. The fourth-order valence-electron chi connectivity index (χ4n) is 0.192. The summed E-state index contributed by atoms with van der Waals surface area (Å²) in [7, 11) is 0. The SMILES string of the molecule is OCCOOCCO.[Zn]. The molecule has 0 atom stereocenters. The van der Waals surface area contributed by atoms with Crippen LogP contribution in [0.2, 0.25) is 0 Å². The van der Waals surface area contributed by atoms with Gasteiger partial charge in [-0.1, -0.05) is 0 Å². The van der Waals surface area contributed by atoms with Crippen molar-refractivity contribution in [1.82, 2.24) is 0 Å². The Morgan fingerprint density at radius 1 is 0.889 bits per heavy atom. The number of hydrogen-bond donors (Lipinski definition) is 2. The Morgan fingerprint density at radius 2 is 1.22 bits per heavy atom. The molecule has 0 saturated carbocycles. The van der Waals surface area contributed by atoms with Gasteiger partial charge in [-0.3, -0.25) is 0 Å². The van der Waals surface area contributed by atoms with Crippen molar-refractivity contribution in [3.05, 3.63) is 0 Å². The molecule has 0 aliphatic rings. The van der Waals surface area contributed by atoms with Crippen LogP contribution in [0.3, 0.4) is 0 Å². The van der Waals surface area contributed by atoms with Gasteiger partial charge < -0.3 is 10.2 Å². The van der Waals surface area contributed by atoms with Crippen molar-refractivity contribution in [2.75, 3.05) is 26.4 Å². The predicted molar refractivity (Wildman–Crippen MR) is 26.1 cm³/mol. The van der Waals surface area contributed by atoms with Crippen LogP contribution in [0, 0.1) is 0 Å². The molecule has 0 amide bonds. The minimum atomic E-state index is -0.0641. The number of hydrogen-bond acceptors (Lipinski definition) is 4. The molecule has 0 aromatic carbocycles. The Bertz CT molecular complexity index is 37.5. The van der Waals surface area contributed by atoms with Crippen molar-refractivity contribution in [1.29, 1.82) is 0 Å². The van der Waals surface area contributed by atoms with Crippen LogP contribution in [-0.2, 0) is 29.3 Å². The summed E-state index contributed by atoms with van der Waals surface area (Å²) in [5.74, 6) is 0. The first-order chi connectivity index (χ1) is 3.91. The zero-order valence-electron chi connectivity index (χ0n) is 5.25. The summed E-state index contributed by atoms with van der Waals surface area (Å²) < 4.78 is 0. The quantitative estimate of drug-likeness (QED) is 0.249. The van der Waals surface area contributed by atoms with E-state index in [2.05, 4.69) is 9.78 Å². The second-order valence-electron chi connectivity index (χ2n) is 1.09. The zero-order valence-corrected chi connectivity index (χ0v) is 8.21. The van der Waals surface area contributed by atoms with Crippen LogP contribution in [0.25, 0.3) is 0 Å². The maximum atomic E-state index is 8.10. The van der Waals surface area contributed by atoms with Crippen molar-refractivity contribution in [3.63, 3.8) is 0 Å². The normalized spacial score (nSPS) is 8.67. The van der Waals surface area contributed by atoms with Gasteiger partial charge in [0, 0.05) is 19.5 Å². The van der Waals surface area contributed by atoms with Crippen LogP contribution in [0.1, 0.15) is 0 Å². The van der Waals surface area contributed by atoms with Crippen LogP contribution in [0.4, 0.5) is 0 Å². The van der Waals surface area contributed by atoms with Gasteiger partial charge in [0.05, 0.1) is 13.2 Å². The van der Waals surface area contributed by atoms with E-state index in [1.807, 2.05) is 0 Å². The van der Waals surface area contributed by atoms with E-state index in [1.54, 1.807) is 0 Å². The first kappa shape index (κ1) is 12.2. The summed E-state index contributed by atoms with van der Waals surface area (Å²) in [6, 6.07) is 0. The van der Waals surface area contributed by atoms with Crippen LogP contribution < -0.4 is 0 Å². The third kappa shape index (κ3) is 11.8. The van der Waals surface area contributed by atoms with E-state index in [-0.39, 0.29) is 45.9 Å². The molecule has 0 aromatic heterocycles. The summed E-state index contributed by atoms with van der Waals surface area (Å²) in [6.07, 6.45) is 0. The number of rotatable bonds is 5. The van der Waals surface area contributed by atoms with E-state index in [0.29, 0.717) is 0 Å². The first-order valence-corrected chi connectivity index (χ1v) is 2.38. The maximum absolute atomic E-state index is 8.10. The van der Waals surface area contributed by atoms with Gasteiger partial charge in [0.2, 0.25) is 0 Å². The van der Waals surface area contributed by atoms with E-state index >= 15 is 0 Å². The molecule has 0 spiro atoms. The van der Waals surface area contributed by atoms with Crippen molar-refractivity contribution in [2.24, 2.45) is 0 Å². The molecule has 0 aliphatic heterocycles. The van der Waals surface area contributed by atoms with Gasteiger partial charge in [-0.25, -0.2) is 9.78 Å². The van der Waals surface area contributed by atoms with Crippen LogP contribution in [0.15, 0.2) is 0 Å². The Hall–Kier alpha value is 0.463. The monoisotopic (exact) mass is 186 g/mol. The maximum Gasteiger partial charge on any atom is 0.105 e. The van der Waals surface area contributed by atoms with E-state index in [1.165, 1.54) is 0 Å². The third-order valence-electron chi connectivity index (χ3n) is 0.433. The molecule has 2 N–H and O–H groups in total. The molecule has 0 aromatic rings. The van der Waals surface area contributed by atoms with Crippen LogP contribution in [-0.4, -0.2) is 36.6 Å². The molecule has 0 aliphatic carbocycles. The third-order valence-corrected chi connectivity index (χ3v) is 0.433.